The first kappa shape index (κ1) is 15.5. The first-order chi connectivity index (χ1) is 10.7. The SMILES string of the molecule is N#Cc1ccccc1NCCC(=O)NCc1ccc(F)cc1. The molecule has 0 aromatic heterocycles. The monoisotopic (exact) mass is 297 g/mol. The van der Waals surface area contributed by atoms with Crippen LogP contribution in [0.5, 0.6) is 0 Å². The van der Waals surface area contributed by atoms with Crippen molar-refractivity contribution in [1.29, 1.82) is 5.26 Å². The fraction of sp³-hybridized carbons (Fsp3) is 0.176. The standard InChI is InChI=1S/C17H16FN3O/c18-15-7-5-13(6-8-15)12-21-17(22)9-10-20-16-4-2-1-3-14(16)11-19/h1-8,20H,9-10,12H2,(H,21,22). The number of nitrogens with one attached hydrogen (secondary N) is 2. The molecule has 22 heavy (non-hydrogen) atoms. The van der Waals surface area contributed by atoms with Crippen LogP contribution in [0.2, 0.25) is 0 Å². The number of anilines is 1. The molecule has 2 aromatic carbocycles. The Labute approximate surface area is 128 Å². The van der Waals surface area contributed by atoms with Crippen molar-refractivity contribution < 1.29 is 9.18 Å². The second kappa shape index (κ2) is 7.79. The van der Waals surface area contributed by atoms with Gasteiger partial charge in [0.25, 0.3) is 0 Å². The van der Waals surface area contributed by atoms with Gasteiger partial charge in [-0.25, -0.2) is 4.39 Å². The molecule has 0 aliphatic rings. The van der Waals surface area contributed by atoms with Crippen LogP contribution in [-0.2, 0) is 11.3 Å². The van der Waals surface area contributed by atoms with Gasteiger partial charge in [0, 0.05) is 19.5 Å². The lowest BCUT2D eigenvalue weighted by Crippen LogP contribution is -2.24. The van der Waals surface area contributed by atoms with Crippen molar-refractivity contribution in [3.05, 3.63) is 65.5 Å². The minimum absolute atomic E-state index is 0.105. The van der Waals surface area contributed by atoms with Gasteiger partial charge < -0.3 is 10.6 Å². The number of benzene rings is 2. The molecule has 0 spiro atoms. The number of nitriles is 1. The summed E-state index contributed by atoms with van der Waals surface area (Å²) in [6, 6.07) is 15.2. The van der Waals surface area contributed by atoms with Crippen molar-refractivity contribution in [2.45, 2.75) is 13.0 Å². The largest absolute Gasteiger partial charge is 0.383 e. The molecule has 0 saturated carbocycles. The second-order valence-corrected chi connectivity index (χ2v) is 4.74. The van der Waals surface area contributed by atoms with Gasteiger partial charge in [0.15, 0.2) is 0 Å². The highest BCUT2D eigenvalue weighted by Crippen LogP contribution is 2.13. The molecule has 2 N–H and O–H groups in total. The molecule has 0 heterocycles. The van der Waals surface area contributed by atoms with E-state index in [1.165, 1.54) is 12.1 Å². The average molecular weight is 297 g/mol. The maximum atomic E-state index is 12.8. The first-order valence-corrected chi connectivity index (χ1v) is 6.93. The van der Waals surface area contributed by atoms with Crippen molar-refractivity contribution in [3.63, 3.8) is 0 Å². The van der Waals surface area contributed by atoms with E-state index in [-0.39, 0.29) is 11.7 Å². The molecule has 0 atom stereocenters. The van der Waals surface area contributed by atoms with Gasteiger partial charge in [-0.1, -0.05) is 24.3 Å². The predicted octanol–water partition coefficient (Wildman–Crippen LogP) is 2.82. The molecule has 0 aliphatic heterocycles. The zero-order valence-corrected chi connectivity index (χ0v) is 12.0. The van der Waals surface area contributed by atoms with Crippen molar-refractivity contribution in [2.75, 3.05) is 11.9 Å². The van der Waals surface area contributed by atoms with Crippen molar-refractivity contribution in [3.8, 4) is 6.07 Å². The Kier molecular flexibility index (Phi) is 5.50. The third kappa shape index (κ3) is 4.60. The number of nitrogens with zero attached hydrogens (tertiary/aromatic N) is 1. The molecule has 0 unspecified atom stereocenters. The summed E-state index contributed by atoms with van der Waals surface area (Å²) in [7, 11) is 0. The Hall–Kier alpha value is -2.87. The summed E-state index contributed by atoms with van der Waals surface area (Å²) < 4.78 is 12.8. The molecule has 5 heteroatoms. The molecular weight excluding hydrogens is 281 g/mol. The van der Waals surface area contributed by atoms with Crippen LogP contribution >= 0.6 is 0 Å². The summed E-state index contributed by atoms with van der Waals surface area (Å²) in [4.78, 5) is 11.7. The zero-order chi connectivity index (χ0) is 15.8. The number of para-hydroxylation sites is 1. The van der Waals surface area contributed by atoms with Gasteiger partial charge >= 0.3 is 0 Å². The predicted molar refractivity (Wildman–Crippen MR) is 82.5 cm³/mol. The minimum Gasteiger partial charge on any atom is -0.383 e. The van der Waals surface area contributed by atoms with Crippen LogP contribution in [0.3, 0.4) is 0 Å². The van der Waals surface area contributed by atoms with E-state index in [9.17, 15) is 9.18 Å². The maximum absolute atomic E-state index is 12.8. The molecular formula is C17H16FN3O. The summed E-state index contributed by atoms with van der Waals surface area (Å²) >= 11 is 0. The number of carbonyl (C=O) groups is 1. The molecule has 0 radical (unpaired) electrons. The molecule has 2 rings (SSSR count). The summed E-state index contributed by atoms with van der Waals surface area (Å²) in [5.74, 6) is -0.401. The van der Waals surface area contributed by atoms with E-state index in [0.29, 0.717) is 25.1 Å². The lowest BCUT2D eigenvalue weighted by molar-refractivity contribution is -0.121. The fourth-order valence-electron chi connectivity index (χ4n) is 1.94. The van der Waals surface area contributed by atoms with E-state index in [4.69, 9.17) is 5.26 Å². The average Bonchev–Trinajstić information content (AvgIpc) is 2.55. The Morgan fingerprint density at radius 1 is 1.14 bits per heavy atom. The number of rotatable bonds is 6. The Morgan fingerprint density at radius 2 is 1.86 bits per heavy atom. The lowest BCUT2D eigenvalue weighted by atomic mass is 10.2. The van der Waals surface area contributed by atoms with Crippen molar-refractivity contribution in [2.24, 2.45) is 0 Å². The van der Waals surface area contributed by atoms with Gasteiger partial charge in [-0.3, -0.25) is 4.79 Å². The molecule has 112 valence electrons. The highest BCUT2D eigenvalue weighted by atomic mass is 19.1. The molecule has 0 bridgehead atoms. The van der Waals surface area contributed by atoms with Gasteiger partial charge in [-0.2, -0.15) is 5.26 Å². The summed E-state index contributed by atoms with van der Waals surface area (Å²) in [6.07, 6.45) is 0.293. The number of carbonyl (C=O) groups excluding carboxylic acids is 1. The van der Waals surface area contributed by atoms with Crippen LogP contribution in [0.4, 0.5) is 10.1 Å². The van der Waals surface area contributed by atoms with Crippen molar-refractivity contribution in [1.82, 2.24) is 5.32 Å². The summed E-state index contributed by atoms with van der Waals surface area (Å²) in [5.41, 5.74) is 2.11. The fourth-order valence-corrected chi connectivity index (χ4v) is 1.94. The molecule has 0 saturated heterocycles. The van der Waals surface area contributed by atoms with Crippen LogP contribution < -0.4 is 10.6 Å². The third-order valence-electron chi connectivity index (χ3n) is 3.12. The molecule has 0 aliphatic carbocycles. The minimum atomic E-state index is -0.296. The Balaban J connectivity index is 1.74. The van der Waals surface area contributed by atoms with Gasteiger partial charge in [0.05, 0.1) is 11.3 Å². The summed E-state index contributed by atoms with van der Waals surface area (Å²) in [6.45, 7) is 0.807. The van der Waals surface area contributed by atoms with E-state index in [1.54, 1.807) is 30.3 Å². The van der Waals surface area contributed by atoms with E-state index in [2.05, 4.69) is 16.7 Å². The lowest BCUT2D eigenvalue weighted by Gasteiger charge is -2.08. The number of hydrogen-bond donors (Lipinski definition) is 2. The number of hydrogen-bond acceptors (Lipinski definition) is 3. The topological polar surface area (TPSA) is 64.9 Å². The number of amides is 1. The van der Waals surface area contributed by atoms with Crippen LogP contribution in [0, 0.1) is 17.1 Å². The van der Waals surface area contributed by atoms with Crippen LogP contribution in [0.1, 0.15) is 17.5 Å². The van der Waals surface area contributed by atoms with E-state index < -0.39 is 0 Å². The highest BCUT2D eigenvalue weighted by molar-refractivity contribution is 5.76. The Bertz CT molecular complexity index is 677. The first-order valence-electron chi connectivity index (χ1n) is 6.93. The normalized spacial score (nSPS) is 9.82. The third-order valence-corrected chi connectivity index (χ3v) is 3.12. The second-order valence-electron chi connectivity index (χ2n) is 4.74. The summed E-state index contributed by atoms with van der Waals surface area (Å²) in [5, 5.41) is 14.8. The molecule has 0 fully saturated rings. The van der Waals surface area contributed by atoms with Crippen molar-refractivity contribution >= 4 is 11.6 Å². The zero-order valence-electron chi connectivity index (χ0n) is 12.0. The Morgan fingerprint density at radius 3 is 2.59 bits per heavy atom. The van der Waals surface area contributed by atoms with Gasteiger partial charge in [0.1, 0.15) is 11.9 Å². The quantitative estimate of drug-likeness (QED) is 0.861. The van der Waals surface area contributed by atoms with Gasteiger partial charge in [-0.15, -0.1) is 0 Å². The van der Waals surface area contributed by atoms with Crippen LogP contribution in [-0.4, -0.2) is 12.5 Å². The molecule has 4 nitrogen and oxygen atoms in total. The van der Waals surface area contributed by atoms with E-state index in [1.807, 2.05) is 6.07 Å². The number of halogens is 1. The van der Waals surface area contributed by atoms with E-state index in [0.717, 1.165) is 11.3 Å². The van der Waals surface area contributed by atoms with Crippen LogP contribution in [0.25, 0.3) is 0 Å². The maximum Gasteiger partial charge on any atom is 0.222 e. The smallest absolute Gasteiger partial charge is 0.222 e. The highest BCUT2D eigenvalue weighted by Gasteiger charge is 2.03. The van der Waals surface area contributed by atoms with Gasteiger partial charge in [0.2, 0.25) is 5.91 Å². The van der Waals surface area contributed by atoms with Crippen LogP contribution in [0.15, 0.2) is 48.5 Å². The molecule has 1 amide bonds. The molecule has 2 aromatic rings. The van der Waals surface area contributed by atoms with Gasteiger partial charge in [-0.05, 0) is 29.8 Å². The van der Waals surface area contributed by atoms with E-state index >= 15 is 0 Å².